The third-order valence-electron chi connectivity index (χ3n) is 3.34. The van der Waals surface area contributed by atoms with E-state index in [9.17, 15) is 22.8 Å². The number of amides is 1. The molecule has 0 aromatic heterocycles. The number of aldehydes is 1. The number of ether oxygens (including phenoxy) is 1. The second-order valence-electron chi connectivity index (χ2n) is 4.81. The van der Waals surface area contributed by atoms with Crippen molar-refractivity contribution in [2.45, 2.75) is 32.0 Å². The molecule has 0 spiro atoms. The first-order chi connectivity index (χ1) is 9.84. The van der Waals surface area contributed by atoms with E-state index in [1.54, 1.807) is 6.07 Å². The fourth-order valence-electron chi connectivity index (χ4n) is 2.37. The van der Waals surface area contributed by atoms with Crippen molar-refractivity contribution in [1.82, 2.24) is 5.32 Å². The minimum Gasteiger partial charge on any atom is -0.493 e. The molecule has 1 aromatic rings. The fourth-order valence-corrected chi connectivity index (χ4v) is 2.37. The smallest absolute Gasteiger partial charge is 0.471 e. The Balaban J connectivity index is 2.32. The summed E-state index contributed by atoms with van der Waals surface area (Å²) in [5.74, 6) is -1.58. The van der Waals surface area contributed by atoms with Crippen molar-refractivity contribution in [2.24, 2.45) is 0 Å². The summed E-state index contributed by atoms with van der Waals surface area (Å²) in [6.07, 6.45) is -2.97. The van der Waals surface area contributed by atoms with E-state index in [4.69, 9.17) is 4.74 Å². The molecule has 0 aliphatic carbocycles. The number of alkyl halides is 3. The number of benzene rings is 1. The molecule has 0 fully saturated rings. The van der Waals surface area contributed by atoms with Crippen molar-refractivity contribution < 1.29 is 27.5 Å². The van der Waals surface area contributed by atoms with Gasteiger partial charge in [-0.3, -0.25) is 9.59 Å². The third kappa shape index (κ3) is 3.17. The highest BCUT2D eigenvalue weighted by molar-refractivity contribution is 5.83. The van der Waals surface area contributed by atoms with Gasteiger partial charge in [0.1, 0.15) is 5.75 Å². The number of nitrogens with one attached hydrogen (secondary N) is 1. The maximum absolute atomic E-state index is 12.3. The van der Waals surface area contributed by atoms with E-state index in [0.29, 0.717) is 48.2 Å². The summed E-state index contributed by atoms with van der Waals surface area (Å²) < 4.78 is 42.3. The Kier molecular flexibility index (Phi) is 4.20. The van der Waals surface area contributed by atoms with Gasteiger partial charge in [-0.25, -0.2) is 0 Å². The molecule has 1 aromatic carbocycles. The van der Waals surface area contributed by atoms with Crippen molar-refractivity contribution in [1.29, 1.82) is 0 Å². The normalized spacial score (nSPS) is 15.6. The van der Waals surface area contributed by atoms with Gasteiger partial charge in [0, 0.05) is 5.56 Å². The predicted octanol–water partition coefficient (Wildman–Crippen LogP) is 2.56. The average Bonchev–Trinajstić information content (AvgIpc) is 2.44. The maximum Gasteiger partial charge on any atom is 0.471 e. The lowest BCUT2D eigenvalue weighted by atomic mass is 9.93. The van der Waals surface area contributed by atoms with Crippen LogP contribution in [0.1, 0.15) is 40.9 Å². The largest absolute Gasteiger partial charge is 0.493 e. The molecule has 114 valence electrons. The highest BCUT2D eigenvalue weighted by atomic mass is 19.4. The topological polar surface area (TPSA) is 55.4 Å². The molecule has 1 aliphatic rings. The molecule has 1 atom stereocenters. The number of carbonyl (C=O) groups is 2. The number of hydrogen-bond donors (Lipinski definition) is 1. The molecule has 1 amide bonds. The number of rotatable bonds is 3. The second-order valence-corrected chi connectivity index (χ2v) is 4.81. The van der Waals surface area contributed by atoms with Crippen LogP contribution in [0, 0.1) is 0 Å². The van der Waals surface area contributed by atoms with Gasteiger partial charge in [-0.15, -0.1) is 0 Å². The van der Waals surface area contributed by atoms with Crippen LogP contribution in [0.5, 0.6) is 5.75 Å². The fraction of sp³-hybridized carbons (Fsp3) is 0.429. The lowest BCUT2D eigenvalue weighted by Crippen LogP contribution is -2.38. The van der Waals surface area contributed by atoms with Gasteiger partial charge in [-0.1, -0.05) is 6.07 Å². The maximum atomic E-state index is 12.3. The summed E-state index contributed by atoms with van der Waals surface area (Å²) in [6.45, 7) is 1.93. The van der Waals surface area contributed by atoms with Crippen LogP contribution in [0.15, 0.2) is 12.1 Å². The van der Waals surface area contributed by atoms with Crippen molar-refractivity contribution in [2.75, 3.05) is 6.61 Å². The van der Waals surface area contributed by atoms with E-state index in [2.05, 4.69) is 0 Å². The Morgan fingerprint density at radius 2 is 2.14 bits per heavy atom. The van der Waals surface area contributed by atoms with Crippen LogP contribution < -0.4 is 10.1 Å². The molecule has 21 heavy (non-hydrogen) atoms. The Hall–Kier alpha value is -2.05. The van der Waals surface area contributed by atoms with Crippen LogP contribution in [-0.4, -0.2) is 25.0 Å². The monoisotopic (exact) mass is 301 g/mol. The lowest BCUT2D eigenvalue weighted by Gasteiger charge is -2.25. The highest BCUT2D eigenvalue weighted by Crippen LogP contribution is 2.34. The summed E-state index contributed by atoms with van der Waals surface area (Å²) in [5, 5.41) is 1.92. The summed E-state index contributed by atoms with van der Waals surface area (Å²) in [5.41, 5.74) is 1.58. The molecule has 4 nitrogen and oxygen atoms in total. The van der Waals surface area contributed by atoms with E-state index in [-0.39, 0.29) is 0 Å². The molecule has 2 rings (SSSR count). The molecular formula is C14H14F3NO3. The van der Waals surface area contributed by atoms with E-state index in [0.717, 1.165) is 0 Å². The SMILES string of the molecule is C[C@H](NC(=O)C(F)(F)F)c1ccc(C=O)c2c1CCCO2. The minimum atomic E-state index is -4.92. The van der Waals surface area contributed by atoms with Gasteiger partial charge in [0.2, 0.25) is 0 Å². The molecule has 0 bridgehead atoms. The van der Waals surface area contributed by atoms with Gasteiger partial charge in [0.25, 0.3) is 0 Å². The highest BCUT2D eigenvalue weighted by Gasteiger charge is 2.39. The van der Waals surface area contributed by atoms with Crippen molar-refractivity contribution in [3.8, 4) is 5.75 Å². The lowest BCUT2D eigenvalue weighted by molar-refractivity contribution is -0.174. The molecule has 1 N–H and O–H groups in total. The number of fused-ring (bicyclic) bond motifs is 1. The Morgan fingerprint density at radius 3 is 2.76 bits per heavy atom. The van der Waals surface area contributed by atoms with Crippen LogP contribution in [-0.2, 0) is 11.2 Å². The van der Waals surface area contributed by atoms with E-state index in [1.165, 1.54) is 13.0 Å². The first-order valence-electron chi connectivity index (χ1n) is 6.46. The van der Waals surface area contributed by atoms with E-state index < -0.39 is 18.1 Å². The number of hydrogen-bond acceptors (Lipinski definition) is 3. The third-order valence-corrected chi connectivity index (χ3v) is 3.34. The summed E-state index contributed by atoms with van der Waals surface area (Å²) in [7, 11) is 0. The Labute approximate surface area is 119 Å². The van der Waals surface area contributed by atoms with Gasteiger partial charge >= 0.3 is 12.1 Å². The molecule has 1 heterocycles. The van der Waals surface area contributed by atoms with Crippen LogP contribution in [0.3, 0.4) is 0 Å². The Morgan fingerprint density at radius 1 is 1.43 bits per heavy atom. The standard InChI is InChI=1S/C14H14F3NO3/c1-8(18-13(20)14(15,16)17)10-5-4-9(7-19)12-11(10)3-2-6-21-12/h4-5,7-8H,2-3,6H2,1H3,(H,18,20)/t8-/m0/s1. The zero-order chi connectivity index (χ0) is 15.6. The van der Waals surface area contributed by atoms with E-state index in [1.807, 2.05) is 5.32 Å². The average molecular weight is 301 g/mol. The zero-order valence-corrected chi connectivity index (χ0v) is 11.3. The second kappa shape index (κ2) is 5.75. The summed E-state index contributed by atoms with van der Waals surface area (Å²) >= 11 is 0. The van der Waals surface area contributed by atoms with Crippen LogP contribution in [0.25, 0.3) is 0 Å². The Bertz CT molecular complexity index is 569. The van der Waals surface area contributed by atoms with Crippen LogP contribution in [0.4, 0.5) is 13.2 Å². The van der Waals surface area contributed by atoms with Gasteiger partial charge in [0.15, 0.2) is 6.29 Å². The predicted molar refractivity (Wildman–Crippen MR) is 68.3 cm³/mol. The van der Waals surface area contributed by atoms with Gasteiger partial charge < -0.3 is 10.1 Å². The van der Waals surface area contributed by atoms with Gasteiger partial charge in [-0.05, 0) is 31.4 Å². The first-order valence-corrected chi connectivity index (χ1v) is 6.46. The number of halogens is 3. The van der Waals surface area contributed by atoms with Gasteiger partial charge in [0.05, 0.1) is 18.2 Å². The molecule has 0 saturated carbocycles. The summed E-state index contributed by atoms with van der Waals surface area (Å²) in [6, 6.07) is 2.22. The molecule has 1 aliphatic heterocycles. The van der Waals surface area contributed by atoms with Crippen molar-refractivity contribution in [3.05, 3.63) is 28.8 Å². The first kappa shape index (κ1) is 15.3. The quantitative estimate of drug-likeness (QED) is 0.873. The van der Waals surface area contributed by atoms with Crippen LogP contribution in [0.2, 0.25) is 0 Å². The zero-order valence-electron chi connectivity index (χ0n) is 11.3. The van der Waals surface area contributed by atoms with Gasteiger partial charge in [-0.2, -0.15) is 13.2 Å². The minimum absolute atomic E-state index is 0.364. The van der Waals surface area contributed by atoms with Crippen LogP contribution >= 0.6 is 0 Å². The molecule has 0 radical (unpaired) electrons. The van der Waals surface area contributed by atoms with E-state index >= 15 is 0 Å². The summed E-state index contributed by atoms with van der Waals surface area (Å²) in [4.78, 5) is 22.0. The molecule has 7 heteroatoms. The molecule has 0 unspecified atom stereocenters. The number of carbonyl (C=O) groups excluding carboxylic acids is 2. The van der Waals surface area contributed by atoms with Crippen molar-refractivity contribution in [3.63, 3.8) is 0 Å². The van der Waals surface area contributed by atoms with Crippen molar-refractivity contribution >= 4 is 12.2 Å². The molecular weight excluding hydrogens is 287 g/mol. The molecule has 0 saturated heterocycles.